The second-order valence-electron chi connectivity index (χ2n) is 9.87. The number of sulfone groups is 1. The molecular formula is C28H29N5O3S. The summed E-state index contributed by atoms with van der Waals surface area (Å²) in [4.78, 5) is 4.91. The fourth-order valence-corrected chi connectivity index (χ4v) is 6.28. The summed E-state index contributed by atoms with van der Waals surface area (Å²) in [6.07, 6.45) is 4.54. The SMILES string of the molecule is Cc1nnn(C)c1-c1ccc2c3ncc(S(C)(=O)=O)cc3n([C@H](c3ccccc3)C3CCOCC3)c2c1. The molecule has 190 valence electrons. The van der Waals surface area contributed by atoms with Gasteiger partial charge in [0.05, 0.1) is 38.9 Å². The quantitative estimate of drug-likeness (QED) is 0.337. The van der Waals surface area contributed by atoms with Gasteiger partial charge in [-0.15, -0.1) is 5.10 Å². The maximum absolute atomic E-state index is 12.5. The Labute approximate surface area is 215 Å². The van der Waals surface area contributed by atoms with Crippen molar-refractivity contribution in [2.75, 3.05) is 19.5 Å². The fraction of sp³-hybridized carbons (Fsp3) is 0.321. The largest absolute Gasteiger partial charge is 0.381 e. The first-order chi connectivity index (χ1) is 17.8. The number of hydrogen-bond acceptors (Lipinski definition) is 6. The molecule has 0 bridgehead atoms. The van der Waals surface area contributed by atoms with E-state index in [2.05, 4.69) is 57.3 Å². The number of nitrogens with zero attached hydrogens (tertiary/aromatic N) is 5. The Hall–Kier alpha value is -3.56. The first kappa shape index (κ1) is 23.8. The van der Waals surface area contributed by atoms with Crippen LogP contribution in [0, 0.1) is 12.8 Å². The van der Waals surface area contributed by atoms with Crippen molar-refractivity contribution < 1.29 is 13.2 Å². The van der Waals surface area contributed by atoms with Gasteiger partial charge in [-0.3, -0.25) is 4.98 Å². The van der Waals surface area contributed by atoms with Gasteiger partial charge in [-0.2, -0.15) is 0 Å². The first-order valence-corrected chi connectivity index (χ1v) is 14.3. The fourth-order valence-electron chi connectivity index (χ4n) is 5.71. The van der Waals surface area contributed by atoms with Gasteiger partial charge in [0.1, 0.15) is 0 Å². The molecule has 8 nitrogen and oxygen atoms in total. The van der Waals surface area contributed by atoms with Crippen molar-refractivity contribution in [3.05, 3.63) is 72.1 Å². The highest BCUT2D eigenvalue weighted by atomic mass is 32.2. The Kier molecular flexibility index (Phi) is 5.84. The van der Waals surface area contributed by atoms with Crippen LogP contribution in [0.3, 0.4) is 0 Å². The molecular weight excluding hydrogens is 486 g/mol. The minimum absolute atomic E-state index is 0.0114. The molecule has 1 atom stereocenters. The van der Waals surface area contributed by atoms with Gasteiger partial charge in [0.2, 0.25) is 0 Å². The van der Waals surface area contributed by atoms with Crippen LogP contribution in [0.15, 0.2) is 65.7 Å². The monoisotopic (exact) mass is 515 g/mol. The van der Waals surface area contributed by atoms with Crippen molar-refractivity contribution in [3.8, 4) is 11.3 Å². The lowest BCUT2D eigenvalue weighted by Gasteiger charge is -2.33. The van der Waals surface area contributed by atoms with E-state index >= 15 is 0 Å². The number of hydrogen-bond donors (Lipinski definition) is 0. The van der Waals surface area contributed by atoms with Gasteiger partial charge in [0, 0.05) is 43.7 Å². The number of ether oxygens (including phenoxy) is 1. The predicted molar refractivity (Wildman–Crippen MR) is 143 cm³/mol. The van der Waals surface area contributed by atoms with E-state index < -0.39 is 9.84 Å². The Morgan fingerprint density at radius 2 is 1.78 bits per heavy atom. The Morgan fingerprint density at radius 3 is 2.46 bits per heavy atom. The van der Waals surface area contributed by atoms with Crippen LogP contribution in [0.1, 0.15) is 30.1 Å². The number of aryl methyl sites for hydroxylation is 2. The van der Waals surface area contributed by atoms with Gasteiger partial charge in [-0.1, -0.05) is 41.6 Å². The molecule has 0 aliphatic carbocycles. The Bertz CT molecular complexity index is 1700. The number of fused-ring (bicyclic) bond motifs is 3. The molecule has 1 fully saturated rings. The van der Waals surface area contributed by atoms with Crippen LogP contribution < -0.4 is 0 Å². The highest BCUT2D eigenvalue weighted by molar-refractivity contribution is 7.90. The van der Waals surface area contributed by atoms with Crippen molar-refractivity contribution in [2.45, 2.75) is 30.7 Å². The summed E-state index contributed by atoms with van der Waals surface area (Å²) >= 11 is 0. The summed E-state index contributed by atoms with van der Waals surface area (Å²) < 4.78 is 34.9. The minimum atomic E-state index is -3.43. The predicted octanol–water partition coefficient (Wildman–Crippen LogP) is 4.71. The van der Waals surface area contributed by atoms with Gasteiger partial charge >= 0.3 is 0 Å². The van der Waals surface area contributed by atoms with Crippen LogP contribution in [0.4, 0.5) is 0 Å². The molecule has 6 rings (SSSR count). The highest BCUT2D eigenvalue weighted by Crippen LogP contribution is 2.41. The number of pyridine rings is 1. The van der Waals surface area contributed by atoms with Crippen molar-refractivity contribution in [1.29, 1.82) is 0 Å². The van der Waals surface area contributed by atoms with E-state index in [0.717, 1.165) is 51.7 Å². The standard InChI is InChI=1S/C28H29N5O3S/c1-18-27(32(2)31-30-18)21-9-10-23-24(15-21)33(25-16-22(37(3,34)35)17-29-26(23)25)28(19-7-5-4-6-8-19)20-11-13-36-14-12-20/h4-10,15-17,20,28H,11-14H2,1-3H3/t28-/m1/s1. The van der Waals surface area contributed by atoms with Gasteiger partial charge < -0.3 is 9.30 Å². The summed E-state index contributed by atoms with van der Waals surface area (Å²) in [7, 11) is -1.54. The van der Waals surface area contributed by atoms with Crippen LogP contribution in [0.5, 0.6) is 0 Å². The van der Waals surface area contributed by atoms with E-state index in [1.54, 1.807) is 10.7 Å². The maximum atomic E-state index is 12.5. The molecule has 0 unspecified atom stereocenters. The van der Waals surface area contributed by atoms with E-state index in [1.165, 1.54) is 18.0 Å². The van der Waals surface area contributed by atoms with E-state index in [4.69, 9.17) is 9.72 Å². The second-order valence-corrected chi connectivity index (χ2v) is 11.9. The summed E-state index contributed by atoms with van der Waals surface area (Å²) in [6.45, 7) is 3.38. The first-order valence-electron chi connectivity index (χ1n) is 12.5. The van der Waals surface area contributed by atoms with Crippen molar-refractivity contribution >= 4 is 31.8 Å². The number of aromatic nitrogens is 5. The summed E-state index contributed by atoms with van der Waals surface area (Å²) in [6, 6.07) is 18.5. The average molecular weight is 516 g/mol. The average Bonchev–Trinajstić information content (AvgIpc) is 3.40. The maximum Gasteiger partial charge on any atom is 0.177 e. The normalized spacial score (nSPS) is 16.0. The minimum Gasteiger partial charge on any atom is -0.381 e. The molecule has 1 saturated heterocycles. The molecule has 1 aliphatic heterocycles. The lowest BCUT2D eigenvalue weighted by molar-refractivity contribution is 0.0553. The molecule has 0 radical (unpaired) electrons. The van der Waals surface area contributed by atoms with Crippen LogP contribution in [-0.4, -0.2) is 52.4 Å². The van der Waals surface area contributed by atoms with Crippen molar-refractivity contribution in [1.82, 2.24) is 24.5 Å². The lowest BCUT2D eigenvalue weighted by atomic mass is 9.86. The molecule has 2 aromatic carbocycles. The third kappa shape index (κ3) is 4.12. The zero-order valence-electron chi connectivity index (χ0n) is 21.1. The molecule has 9 heteroatoms. The molecule has 0 saturated carbocycles. The molecule has 37 heavy (non-hydrogen) atoms. The molecule has 0 N–H and O–H groups in total. The zero-order chi connectivity index (χ0) is 25.7. The zero-order valence-corrected chi connectivity index (χ0v) is 21.9. The number of rotatable bonds is 5. The van der Waals surface area contributed by atoms with Crippen molar-refractivity contribution in [3.63, 3.8) is 0 Å². The van der Waals surface area contributed by atoms with Gasteiger partial charge in [0.15, 0.2) is 9.84 Å². The summed E-state index contributed by atoms with van der Waals surface area (Å²) in [5.74, 6) is 0.320. The van der Waals surface area contributed by atoms with E-state index in [9.17, 15) is 8.42 Å². The molecule has 0 spiro atoms. The Morgan fingerprint density at radius 1 is 1.03 bits per heavy atom. The molecule has 3 aromatic heterocycles. The van der Waals surface area contributed by atoms with Gasteiger partial charge in [-0.25, -0.2) is 13.1 Å². The summed E-state index contributed by atoms with van der Waals surface area (Å²) in [5, 5.41) is 9.43. The van der Waals surface area contributed by atoms with E-state index in [-0.39, 0.29) is 10.9 Å². The van der Waals surface area contributed by atoms with Gasteiger partial charge in [0.25, 0.3) is 0 Å². The topological polar surface area (TPSA) is 91.9 Å². The van der Waals surface area contributed by atoms with Gasteiger partial charge in [-0.05, 0) is 49.4 Å². The molecule has 0 amide bonds. The van der Waals surface area contributed by atoms with Crippen LogP contribution >= 0.6 is 0 Å². The highest BCUT2D eigenvalue weighted by Gasteiger charge is 2.30. The van der Waals surface area contributed by atoms with Crippen LogP contribution in [-0.2, 0) is 21.6 Å². The molecule has 4 heterocycles. The third-order valence-electron chi connectivity index (χ3n) is 7.44. The van der Waals surface area contributed by atoms with E-state index in [0.29, 0.717) is 19.1 Å². The number of benzene rings is 2. The molecule has 5 aromatic rings. The van der Waals surface area contributed by atoms with Crippen LogP contribution in [0.25, 0.3) is 33.2 Å². The third-order valence-corrected chi connectivity index (χ3v) is 8.52. The van der Waals surface area contributed by atoms with Crippen molar-refractivity contribution in [2.24, 2.45) is 13.0 Å². The second kappa shape index (κ2) is 9.08. The van der Waals surface area contributed by atoms with Crippen LogP contribution in [0.2, 0.25) is 0 Å². The smallest absolute Gasteiger partial charge is 0.177 e. The Balaban J connectivity index is 1.71. The molecule has 1 aliphatic rings. The lowest BCUT2D eigenvalue weighted by Crippen LogP contribution is -2.27. The van der Waals surface area contributed by atoms with E-state index in [1.807, 2.05) is 20.0 Å². The summed E-state index contributed by atoms with van der Waals surface area (Å²) in [5.41, 5.74) is 6.60.